The number of rotatable bonds is 4. The third-order valence-corrected chi connectivity index (χ3v) is 4.63. The lowest BCUT2D eigenvalue weighted by Gasteiger charge is -2.13. The molecule has 1 atom stereocenters. The van der Waals surface area contributed by atoms with Gasteiger partial charge in [0, 0.05) is 29.9 Å². The molecule has 0 unspecified atom stereocenters. The molecule has 0 bridgehead atoms. The highest BCUT2D eigenvalue weighted by Crippen LogP contribution is 2.30. The summed E-state index contributed by atoms with van der Waals surface area (Å²) in [6.07, 6.45) is 8.92. The predicted octanol–water partition coefficient (Wildman–Crippen LogP) is 2.25. The lowest BCUT2D eigenvalue weighted by atomic mass is 10.2. The molecule has 1 aliphatic rings. The van der Waals surface area contributed by atoms with E-state index in [-0.39, 0.29) is 11.9 Å². The molecule has 0 saturated heterocycles. The van der Waals surface area contributed by atoms with Crippen molar-refractivity contribution < 1.29 is 4.79 Å². The van der Waals surface area contributed by atoms with E-state index in [1.165, 1.54) is 16.9 Å². The number of aromatic nitrogens is 2. The van der Waals surface area contributed by atoms with E-state index in [4.69, 9.17) is 0 Å². The number of thiophene rings is 1. The summed E-state index contributed by atoms with van der Waals surface area (Å²) in [5.74, 6) is 0.0482. The largest absolute Gasteiger partial charge is 0.347 e. The Kier molecular flexibility index (Phi) is 3.38. The van der Waals surface area contributed by atoms with E-state index in [2.05, 4.69) is 16.4 Å². The van der Waals surface area contributed by atoms with Crippen LogP contribution in [-0.4, -0.2) is 21.5 Å². The van der Waals surface area contributed by atoms with Gasteiger partial charge in [-0.3, -0.25) is 4.79 Å². The normalized spacial score (nSPS) is 15.2. The number of fused-ring (bicyclic) bond motifs is 1. The number of nitrogens with one attached hydrogen (secondary N) is 1. The summed E-state index contributed by atoms with van der Waals surface area (Å²) in [4.78, 5) is 18.4. The summed E-state index contributed by atoms with van der Waals surface area (Å²) in [5.41, 5.74) is 1.37. The third-order valence-electron chi connectivity index (χ3n) is 3.39. The topological polar surface area (TPSA) is 46.9 Å². The molecule has 1 aliphatic carbocycles. The van der Waals surface area contributed by atoms with Gasteiger partial charge in [-0.1, -0.05) is 0 Å². The molecule has 0 aromatic carbocycles. The zero-order chi connectivity index (χ0) is 13.2. The van der Waals surface area contributed by atoms with Gasteiger partial charge in [0.2, 0.25) is 0 Å². The summed E-state index contributed by atoms with van der Waals surface area (Å²) < 4.78 is 1.97. The van der Waals surface area contributed by atoms with Gasteiger partial charge in [-0.05, 0) is 37.8 Å². The summed E-state index contributed by atoms with van der Waals surface area (Å²) >= 11 is 1.65. The number of nitrogens with zero attached hydrogens (tertiary/aromatic N) is 2. The summed E-state index contributed by atoms with van der Waals surface area (Å²) in [7, 11) is 0. The fraction of sp³-hybridized carbons (Fsp3) is 0.429. The molecular formula is C14H17N3OS. The second-order valence-corrected chi connectivity index (χ2v) is 6.18. The number of aryl methyl sites for hydroxylation is 2. The first-order valence-corrected chi connectivity index (χ1v) is 7.42. The molecule has 1 N–H and O–H groups in total. The molecule has 0 fully saturated rings. The average molecular weight is 275 g/mol. The van der Waals surface area contributed by atoms with Crippen LogP contribution in [0.15, 0.2) is 24.8 Å². The van der Waals surface area contributed by atoms with Gasteiger partial charge in [-0.2, -0.15) is 0 Å². The van der Waals surface area contributed by atoms with Gasteiger partial charge in [0.25, 0.3) is 5.91 Å². The minimum atomic E-state index is 0.0482. The van der Waals surface area contributed by atoms with E-state index in [9.17, 15) is 4.79 Å². The fourth-order valence-electron chi connectivity index (χ4n) is 2.49. The Morgan fingerprint density at radius 3 is 3.21 bits per heavy atom. The Morgan fingerprint density at radius 1 is 1.58 bits per heavy atom. The van der Waals surface area contributed by atoms with Gasteiger partial charge in [0.15, 0.2) is 0 Å². The van der Waals surface area contributed by atoms with Crippen molar-refractivity contribution in [3.8, 4) is 0 Å². The van der Waals surface area contributed by atoms with Crippen LogP contribution in [0.2, 0.25) is 0 Å². The maximum Gasteiger partial charge on any atom is 0.261 e. The maximum atomic E-state index is 12.2. The number of imidazole rings is 1. The molecular weight excluding hydrogens is 258 g/mol. The first-order valence-electron chi connectivity index (χ1n) is 6.60. The molecule has 3 rings (SSSR count). The molecule has 0 radical (unpaired) electrons. The molecule has 0 aliphatic heterocycles. The van der Waals surface area contributed by atoms with Crippen molar-refractivity contribution in [1.29, 1.82) is 0 Å². The van der Waals surface area contributed by atoms with Gasteiger partial charge in [-0.25, -0.2) is 4.98 Å². The second-order valence-electron chi connectivity index (χ2n) is 5.05. The number of amides is 1. The molecule has 100 valence electrons. The third kappa shape index (κ3) is 2.71. The van der Waals surface area contributed by atoms with Crippen LogP contribution in [0, 0.1) is 0 Å². The van der Waals surface area contributed by atoms with E-state index in [1.54, 1.807) is 23.9 Å². The Morgan fingerprint density at radius 2 is 2.47 bits per heavy atom. The van der Waals surface area contributed by atoms with Crippen LogP contribution < -0.4 is 5.32 Å². The van der Waals surface area contributed by atoms with Crippen LogP contribution in [0.4, 0.5) is 0 Å². The SMILES string of the molecule is C[C@@H](Cn1ccnc1)NC(=O)c1cc2c(s1)CCC2. The first kappa shape index (κ1) is 12.4. The maximum absolute atomic E-state index is 12.2. The number of hydrogen-bond donors (Lipinski definition) is 1. The van der Waals surface area contributed by atoms with Crippen LogP contribution in [0.3, 0.4) is 0 Å². The number of carbonyl (C=O) groups is 1. The Bertz CT molecular complexity index is 552. The minimum Gasteiger partial charge on any atom is -0.347 e. The lowest BCUT2D eigenvalue weighted by Crippen LogP contribution is -2.35. The number of carbonyl (C=O) groups excluding carboxylic acids is 1. The van der Waals surface area contributed by atoms with Gasteiger partial charge in [-0.15, -0.1) is 11.3 Å². The van der Waals surface area contributed by atoms with E-state index in [0.717, 1.165) is 24.3 Å². The summed E-state index contributed by atoms with van der Waals surface area (Å²) in [6, 6.07) is 2.16. The molecule has 19 heavy (non-hydrogen) atoms. The summed E-state index contributed by atoms with van der Waals surface area (Å²) in [5, 5.41) is 3.05. The van der Waals surface area contributed by atoms with Crippen molar-refractivity contribution in [3.05, 3.63) is 40.1 Å². The zero-order valence-electron chi connectivity index (χ0n) is 10.9. The number of hydrogen-bond acceptors (Lipinski definition) is 3. The van der Waals surface area contributed by atoms with Crippen molar-refractivity contribution in [1.82, 2.24) is 14.9 Å². The standard InChI is InChI=1S/C14H17N3OS/c1-10(8-17-6-5-15-9-17)16-14(18)13-7-11-3-2-4-12(11)19-13/h5-7,9-10H,2-4,8H2,1H3,(H,16,18)/t10-/m0/s1. The minimum absolute atomic E-state index is 0.0482. The van der Waals surface area contributed by atoms with E-state index < -0.39 is 0 Å². The van der Waals surface area contributed by atoms with E-state index in [1.807, 2.05) is 17.7 Å². The van der Waals surface area contributed by atoms with Gasteiger partial charge < -0.3 is 9.88 Å². The average Bonchev–Trinajstić information content (AvgIpc) is 3.02. The highest BCUT2D eigenvalue weighted by atomic mass is 32.1. The van der Waals surface area contributed by atoms with E-state index >= 15 is 0 Å². The Hall–Kier alpha value is -1.62. The molecule has 2 heterocycles. The predicted molar refractivity (Wildman–Crippen MR) is 75.5 cm³/mol. The van der Waals surface area contributed by atoms with Gasteiger partial charge in [0.1, 0.15) is 0 Å². The molecule has 5 heteroatoms. The highest BCUT2D eigenvalue weighted by Gasteiger charge is 2.19. The van der Waals surface area contributed by atoms with Crippen LogP contribution >= 0.6 is 11.3 Å². The monoisotopic (exact) mass is 275 g/mol. The molecule has 4 nitrogen and oxygen atoms in total. The van der Waals surface area contributed by atoms with Crippen molar-refractivity contribution in [3.63, 3.8) is 0 Å². The highest BCUT2D eigenvalue weighted by molar-refractivity contribution is 7.14. The van der Waals surface area contributed by atoms with Crippen molar-refractivity contribution in [2.24, 2.45) is 0 Å². The fourth-order valence-corrected chi connectivity index (χ4v) is 3.65. The molecule has 2 aromatic heterocycles. The van der Waals surface area contributed by atoms with Crippen molar-refractivity contribution >= 4 is 17.2 Å². The second kappa shape index (κ2) is 5.17. The molecule has 0 saturated carbocycles. The van der Waals surface area contributed by atoms with Crippen LogP contribution in [-0.2, 0) is 19.4 Å². The lowest BCUT2D eigenvalue weighted by molar-refractivity contribution is 0.0941. The Labute approximate surface area is 116 Å². The molecule has 1 amide bonds. The van der Waals surface area contributed by atoms with Crippen molar-refractivity contribution in [2.75, 3.05) is 0 Å². The van der Waals surface area contributed by atoms with Crippen LogP contribution in [0.1, 0.15) is 33.5 Å². The molecule has 2 aromatic rings. The zero-order valence-corrected chi connectivity index (χ0v) is 11.7. The van der Waals surface area contributed by atoms with E-state index in [0.29, 0.717) is 0 Å². The van der Waals surface area contributed by atoms with Crippen molar-refractivity contribution in [2.45, 2.75) is 38.8 Å². The first-order chi connectivity index (χ1) is 9.22. The quantitative estimate of drug-likeness (QED) is 0.930. The van der Waals surface area contributed by atoms with Gasteiger partial charge in [0.05, 0.1) is 11.2 Å². The van der Waals surface area contributed by atoms with Gasteiger partial charge >= 0.3 is 0 Å². The smallest absolute Gasteiger partial charge is 0.261 e. The molecule has 0 spiro atoms. The van der Waals surface area contributed by atoms with Crippen LogP contribution in [0.25, 0.3) is 0 Å². The summed E-state index contributed by atoms with van der Waals surface area (Å²) in [6.45, 7) is 2.76. The van der Waals surface area contributed by atoms with Crippen LogP contribution in [0.5, 0.6) is 0 Å². The Balaban J connectivity index is 1.61.